The molecule has 0 saturated carbocycles. The summed E-state index contributed by atoms with van der Waals surface area (Å²) >= 11 is 2.32. The first-order valence-corrected chi connectivity index (χ1v) is 8.51. The largest absolute Gasteiger partial charge is 0.489 e. The number of ether oxygens (including phenoxy) is 1. The zero-order valence-electron chi connectivity index (χ0n) is 12.2. The highest BCUT2D eigenvalue weighted by molar-refractivity contribution is 14.1. The Balaban J connectivity index is 1.70. The van der Waals surface area contributed by atoms with Crippen molar-refractivity contribution in [3.05, 3.63) is 62.7 Å². The molecule has 2 aromatic carbocycles. The van der Waals surface area contributed by atoms with Crippen LogP contribution in [-0.4, -0.2) is 7.05 Å². The number of benzene rings is 2. The summed E-state index contributed by atoms with van der Waals surface area (Å²) in [5, 5.41) is 3.40. The summed E-state index contributed by atoms with van der Waals surface area (Å²) in [5.74, 6) is 0.976. The van der Waals surface area contributed by atoms with Gasteiger partial charge in [-0.1, -0.05) is 18.2 Å². The third-order valence-electron chi connectivity index (χ3n) is 4.10. The van der Waals surface area contributed by atoms with E-state index in [1.165, 1.54) is 33.1 Å². The fourth-order valence-corrected chi connectivity index (χ4v) is 3.29. The molecule has 1 aliphatic carbocycles. The molecule has 0 aliphatic heterocycles. The highest BCUT2D eigenvalue weighted by Gasteiger charge is 2.18. The van der Waals surface area contributed by atoms with Crippen LogP contribution < -0.4 is 10.1 Å². The van der Waals surface area contributed by atoms with Gasteiger partial charge >= 0.3 is 0 Å². The average Bonchev–Trinajstić information content (AvgIpc) is 2.53. The Morgan fingerprint density at radius 2 is 2.00 bits per heavy atom. The Hall–Kier alpha value is -1.07. The fraction of sp³-hybridized carbons (Fsp3) is 0.333. The molecule has 1 aliphatic rings. The van der Waals surface area contributed by atoms with Gasteiger partial charge in [-0.15, -0.1) is 0 Å². The van der Waals surface area contributed by atoms with Gasteiger partial charge in [0.15, 0.2) is 0 Å². The van der Waals surface area contributed by atoms with E-state index >= 15 is 0 Å². The van der Waals surface area contributed by atoms with E-state index in [0.717, 1.165) is 12.2 Å². The van der Waals surface area contributed by atoms with Crippen LogP contribution in [-0.2, 0) is 13.0 Å². The summed E-state index contributed by atoms with van der Waals surface area (Å²) in [7, 11) is 2.04. The zero-order valence-corrected chi connectivity index (χ0v) is 14.4. The van der Waals surface area contributed by atoms with Crippen molar-refractivity contribution in [1.29, 1.82) is 0 Å². The van der Waals surface area contributed by atoms with Crippen molar-refractivity contribution in [2.75, 3.05) is 7.05 Å². The molecule has 1 atom stereocenters. The van der Waals surface area contributed by atoms with Gasteiger partial charge in [0.2, 0.25) is 0 Å². The highest BCUT2D eigenvalue weighted by Crippen LogP contribution is 2.32. The van der Waals surface area contributed by atoms with Gasteiger partial charge in [0.05, 0.1) is 0 Å². The number of halogens is 1. The highest BCUT2D eigenvalue weighted by atomic mass is 127. The van der Waals surface area contributed by atoms with E-state index in [1.54, 1.807) is 0 Å². The second kappa shape index (κ2) is 6.79. The lowest BCUT2D eigenvalue weighted by atomic mass is 9.87. The quantitative estimate of drug-likeness (QED) is 0.775. The van der Waals surface area contributed by atoms with E-state index in [0.29, 0.717) is 12.6 Å². The van der Waals surface area contributed by atoms with Crippen molar-refractivity contribution in [3.8, 4) is 5.75 Å². The maximum atomic E-state index is 5.94. The molecule has 110 valence electrons. The number of nitrogens with one attached hydrogen (secondary N) is 1. The smallest absolute Gasteiger partial charge is 0.120 e. The molecule has 1 unspecified atom stereocenters. The van der Waals surface area contributed by atoms with Crippen LogP contribution in [0.5, 0.6) is 5.75 Å². The number of hydrogen-bond acceptors (Lipinski definition) is 2. The SMILES string of the molecule is CNC1CCCc2cc(OCc3ccc(I)cc3)ccc21. The van der Waals surface area contributed by atoms with E-state index in [2.05, 4.69) is 70.4 Å². The number of aryl methyl sites for hydroxylation is 1. The third-order valence-corrected chi connectivity index (χ3v) is 4.82. The molecule has 0 bridgehead atoms. The third kappa shape index (κ3) is 3.58. The Morgan fingerprint density at radius 3 is 2.76 bits per heavy atom. The summed E-state index contributed by atoms with van der Waals surface area (Å²) in [5.41, 5.74) is 4.08. The van der Waals surface area contributed by atoms with Crippen LogP contribution in [0.3, 0.4) is 0 Å². The van der Waals surface area contributed by atoms with Gasteiger partial charge in [-0.3, -0.25) is 0 Å². The van der Waals surface area contributed by atoms with Crippen LogP contribution in [0.15, 0.2) is 42.5 Å². The van der Waals surface area contributed by atoms with E-state index < -0.39 is 0 Å². The van der Waals surface area contributed by atoms with Gasteiger partial charge in [-0.2, -0.15) is 0 Å². The maximum Gasteiger partial charge on any atom is 0.120 e. The van der Waals surface area contributed by atoms with E-state index in [1.807, 2.05) is 7.05 Å². The molecule has 0 aromatic heterocycles. The van der Waals surface area contributed by atoms with Gasteiger partial charge < -0.3 is 10.1 Å². The van der Waals surface area contributed by atoms with E-state index in [9.17, 15) is 0 Å². The maximum absolute atomic E-state index is 5.94. The second-order valence-corrected chi connectivity index (χ2v) is 6.75. The number of fused-ring (bicyclic) bond motifs is 1. The van der Waals surface area contributed by atoms with Crippen molar-refractivity contribution >= 4 is 22.6 Å². The molecule has 0 radical (unpaired) electrons. The molecule has 3 rings (SSSR count). The molecule has 0 fully saturated rings. The Labute approximate surface area is 140 Å². The monoisotopic (exact) mass is 393 g/mol. The van der Waals surface area contributed by atoms with Crippen molar-refractivity contribution in [2.24, 2.45) is 0 Å². The average molecular weight is 393 g/mol. The molecule has 0 heterocycles. The van der Waals surface area contributed by atoms with Crippen LogP contribution in [0.4, 0.5) is 0 Å². The van der Waals surface area contributed by atoms with Gasteiger partial charge in [0, 0.05) is 9.61 Å². The van der Waals surface area contributed by atoms with Crippen molar-refractivity contribution in [1.82, 2.24) is 5.32 Å². The lowest BCUT2D eigenvalue weighted by Gasteiger charge is -2.25. The van der Waals surface area contributed by atoms with Gasteiger partial charge in [-0.05, 0) is 89.9 Å². The second-order valence-electron chi connectivity index (χ2n) is 5.51. The van der Waals surface area contributed by atoms with Gasteiger partial charge in [0.25, 0.3) is 0 Å². The Bertz CT molecular complexity index is 609. The van der Waals surface area contributed by atoms with Crippen molar-refractivity contribution in [2.45, 2.75) is 31.9 Å². The Kier molecular flexibility index (Phi) is 4.80. The van der Waals surface area contributed by atoms with Crippen LogP contribution in [0.25, 0.3) is 0 Å². The minimum absolute atomic E-state index is 0.499. The zero-order chi connectivity index (χ0) is 14.7. The Morgan fingerprint density at radius 1 is 1.19 bits per heavy atom. The predicted octanol–water partition coefficient (Wildman–Crippen LogP) is 4.47. The molecule has 0 saturated heterocycles. The molecule has 3 heteroatoms. The van der Waals surface area contributed by atoms with E-state index in [4.69, 9.17) is 4.74 Å². The molecule has 2 nitrogen and oxygen atoms in total. The molecule has 21 heavy (non-hydrogen) atoms. The normalized spacial score (nSPS) is 17.3. The topological polar surface area (TPSA) is 21.3 Å². The minimum atomic E-state index is 0.499. The molecular formula is C18H20INO. The standard InChI is InChI=1S/C18H20INO/c1-20-18-4-2-3-14-11-16(9-10-17(14)18)21-12-13-5-7-15(19)8-6-13/h5-11,18,20H,2-4,12H2,1H3. The predicted molar refractivity (Wildman–Crippen MR) is 94.7 cm³/mol. The van der Waals surface area contributed by atoms with Crippen LogP contribution in [0.2, 0.25) is 0 Å². The summed E-state index contributed by atoms with van der Waals surface area (Å²) in [6.07, 6.45) is 3.64. The lowest BCUT2D eigenvalue weighted by Crippen LogP contribution is -2.21. The lowest BCUT2D eigenvalue weighted by molar-refractivity contribution is 0.305. The minimum Gasteiger partial charge on any atom is -0.489 e. The first-order valence-electron chi connectivity index (χ1n) is 7.43. The molecule has 2 aromatic rings. The summed E-state index contributed by atoms with van der Waals surface area (Å²) in [6, 6.07) is 15.5. The molecular weight excluding hydrogens is 373 g/mol. The van der Waals surface area contributed by atoms with Gasteiger partial charge in [0.1, 0.15) is 12.4 Å². The number of rotatable bonds is 4. The summed E-state index contributed by atoms with van der Waals surface area (Å²) < 4.78 is 7.20. The van der Waals surface area contributed by atoms with Crippen LogP contribution in [0, 0.1) is 3.57 Å². The van der Waals surface area contributed by atoms with E-state index in [-0.39, 0.29) is 0 Å². The first kappa shape index (κ1) is 14.9. The number of hydrogen-bond donors (Lipinski definition) is 1. The summed E-state index contributed by atoms with van der Waals surface area (Å²) in [6.45, 7) is 0.630. The summed E-state index contributed by atoms with van der Waals surface area (Å²) in [4.78, 5) is 0. The first-order chi connectivity index (χ1) is 10.3. The molecule has 0 spiro atoms. The molecule has 1 N–H and O–H groups in total. The fourth-order valence-electron chi connectivity index (χ4n) is 2.93. The van der Waals surface area contributed by atoms with Crippen LogP contribution in [0.1, 0.15) is 35.6 Å². The molecule has 0 amide bonds. The van der Waals surface area contributed by atoms with Crippen molar-refractivity contribution < 1.29 is 4.74 Å². The van der Waals surface area contributed by atoms with Gasteiger partial charge in [-0.25, -0.2) is 0 Å². The van der Waals surface area contributed by atoms with Crippen molar-refractivity contribution in [3.63, 3.8) is 0 Å². The van der Waals surface area contributed by atoms with Crippen LogP contribution >= 0.6 is 22.6 Å².